The zero-order valence-electron chi connectivity index (χ0n) is 29.6. The zero-order chi connectivity index (χ0) is 35.6. The van der Waals surface area contributed by atoms with E-state index in [2.05, 4.69) is 193 Å². The van der Waals surface area contributed by atoms with Crippen molar-refractivity contribution in [1.82, 2.24) is 4.98 Å². The fourth-order valence-corrected chi connectivity index (χ4v) is 8.56. The van der Waals surface area contributed by atoms with Crippen LogP contribution in [0.2, 0.25) is 0 Å². The summed E-state index contributed by atoms with van der Waals surface area (Å²) in [6, 6.07) is 64.6. The molecule has 0 aliphatic carbocycles. The summed E-state index contributed by atoms with van der Waals surface area (Å²) in [6.45, 7) is 0.814. The molecule has 0 saturated heterocycles. The summed E-state index contributed by atoms with van der Waals surface area (Å²) in [5, 5.41) is 14.7. The number of anilines is 1. The summed E-state index contributed by atoms with van der Waals surface area (Å²) in [4.78, 5) is 5.23. The van der Waals surface area contributed by atoms with Crippen molar-refractivity contribution in [3.63, 3.8) is 0 Å². The molecule has 0 bridgehead atoms. The van der Waals surface area contributed by atoms with Gasteiger partial charge in [-0.3, -0.25) is 0 Å². The molecular formula is C52H34N2. The van der Waals surface area contributed by atoms with Crippen LogP contribution in [0.4, 0.5) is 5.69 Å². The highest BCUT2D eigenvalue weighted by Crippen LogP contribution is 2.46. The van der Waals surface area contributed by atoms with Crippen LogP contribution < -0.4 is 5.32 Å². The fourth-order valence-electron chi connectivity index (χ4n) is 8.56. The van der Waals surface area contributed by atoms with Crippen molar-refractivity contribution in [3.8, 4) is 44.6 Å². The molecule has 0 amide bonds. The largest absolute Gasteiger partial charge is 0.379 e. The van der Waals surface area contributed by atoms with Crippen molar-refractivity contribution in [2.24, 2.45) is 0 Å². The molecule has 10 aromatic rings. The number of benzene rings is 9. The maximum atomic E-state index is 5.23. The molecule has 9 aromatic carbocycles. The smallest absolute Gasteiger partial charge is 0.0947 e. The van der Waals surface area contributed by atoms with Gasteiger partial charge in [0.1, 0.15) is 0 Å². The van der Waals surface area contributed by atoms with Crippen molar-refractivity contribution in [2.75, 3.05) is 11.9 Å². The van der Waals surface area contributed by atoms with Crippen molar-refractivity contribution in [2.45, 2.75) is 0 Å². The highest BCUT2D eigenvalue weighted by atomic mass is 14.9. The zero-order valence-corrected chi connectivity index (χ0v) is 29.6. The maximum absolute atomic E-state index is 5.23. The summed E-state index contributed by atoms with van der Waals surface area (Å²) in [7, 11) is 0. The summed E-state index contributed by atoms with van der Waals surface area (Å²) >= 11 is 0. The third-order valence-corrected chi connectivity index (χ3v) is 11.2. The highest BCUT2D eigenvalue weighted by molar-refractivity contribution is 6.22. The Hall–Kier alpha value is -7.03. The molecule has 11 rings (SSSR count). The standard InChI is InChI=1S/C52H34N2/c1-3-11-37-30-42(22-18-33(37)9-1)49-44-16-5-6-17-45(44)50(43-23-19-34-10-2-4-12-38(34)31-43)47-32-40(24-26-46(47)49)39-13-7-14-41(29-39)48-27-25-36-21-20-35-15-8-28-53-51(35)52(36)54-48/h1-27,29-32,53H,28H2. The van der Waals surface area contributed by atoms with Gasteiger partial charge in [0, 0.05) is 17.5 Å². The van der Waals surface area contributed by atoms with Crippen molar-refractivity contribution in [1.29, 1.82) is 0 Å². The minimum atomic E-state index is 0.814. The Bertz CT molecular complexity index is 3170. The number of hydrogen-bond donors (Lipinski definition) is 1. The number of hydrogen-bond acceptors (Lipinski definition) is 2. The Morgan fingerprint density at radius 3 is 1.70 bits per heavy atom. The topological polar surface area (TPSA) is 24.9 Å². The van der Waals surface area contributed by atoms with Crippen molar-refractivity contribution >= 4 is 65.8 Å². The van der Waals surface area contributed by atoms with E-state index in [0.29, 0.717) is 0 Å². The van der Waals surface area contributed by atoms with Crippen LogP contribution in [-0.2, 0) is 0 Å². The molecule has 1 aliphatic rings. The second-order valence-electron chi connectivity index (χ2n) is 14.3. The number of rotatable bonds is 4. The van der Waals surface area contributed by atoms with Gasteiger partial charge in [-0.05, 0) is 112 Å². The van der Waals surface area contributed by atoms with Crippen LogP contribution in [0.5, 0.6) is 0 Å². The third kappa shape index (κ3) is 4.99. The number of pyridine rings is 1. The number of aromatic nitrogens is 1. The number of nitrogens with zero attached hydrogens (tertiary/aromatic N) is 1. The first kappa shape index (κ1) is 30.6. The van der Waals surface area contributed by atoms with E-state index in [9.17, 15) is 0 Å². The highest BCUT2D eigenvalue weighted by Gasteiger charge is 2.19. The van der Waals surface area contributed by atoms with E-state index in [1.165, 1.54) is 76.5 Å². The SMILES string of the molecule is C1=Cc2ccc3ccc(-c4cccc(-c5ccc6c(-c7ccc8ccccc8c7)c7ccccc7c(-c7ccc8ccccc8c7)c6c5)c4)nc3c2NC1. The van der Waals surface area contributed by atoms with E-state index < -0.39 is 0 Å². The molecule has 0 spiro atoms. The molecule has 2 heteroatoms. The summed E-state index contributed by atoms with van der Waals surface area (Å²) < 4.78 is 0. The van der Waals surface area contributed by atoms with Crippen LogP contribution in [0, 0.1) is 0 Å². The predicted molar refractivity (Wildman–Crippen MR) is 231 cm³/mol. The Labute approximate surface area is 313 Å². The van der Waals surface area contributed by atoms with Gasteiger partial charge in [-0.15, -0.1) is 0 Å². The van der Waals surface area contributed by atoms with Gasteiger partial charge in [-0.1, -0.05) is 158 Å². The fraction of sp³-hybridized carbons (Fsp3) is 0.0192. The molecule has 2 heterocycles. The number of fused-ring (bicyclic) bond motifs is 7. The van der Waals surface area contributed by atoms with Crippen LogP contribution in [0.25, 0.3) is 105 Å². The van der Waals surface area contributed by atoms with E-state index in [1.54, 1.807) is 0 Å². The van der Waals surface area contributed by atoms with Gasteiger partial charge in [0.25, 0.3) is 0 Å². The summed E-state index contributed by atoms with van der Waals surface area (Å²) in [6.07, 6.45) is 4.34. The summed E-state index contributed by atoms with van der Waals surface area (Å²) in [5.41, 5.74) is 12.7. The molecule has 252 valence electrons. The monoisotopic (exact) mass is 686 g/mol. The van der Waals surface area contributed by atoms with Gasteiger partial charge in [0.15, 0.2) is 0 Å². The molecule has 2 nitrogen and oxygen atoms in total. The molecule has 1 N–H and O–H groups in total. The van der Waals surface area contributed by atoms with Crippen LogP contribution >= 0.6 is 0 Å². The molecule has 0 fully saturated rings. The van der Waals surface area contributed by atoms with Gasteiger partial charge in [0.05, 0.1) is 16.9 Å². The first-order chi connectivity index (χ1) is 26.7. The van der Waals surface area contributed by atoms with Crippen LogP contribution in [0.3, 0.4) is 0 Å². The first-order valence-electron chi connectivity index (χ1n) is 18.7. The maximum Gasteiger partial charge on any atom is 0.0947 e. The third-order valence-electron chi connectivity index (χ3n) is 11.2. The normalized spacial score (nSPS) is 12.4. The van der Waals surface area contributed by atoms with Crippen LogP contribution in [0.15, 0.2) is 182 Å². The lowest BCUT2D eigenvalue weighted by molar-refractivity contribution is 1.30. The van der Waals surface area contributed by atoms with Crippen LogP contribution in [-0.4, -0.2) is 11.5 Å². The quantitative estimate of drug-likeness (QED) is 0.186. The first-order valence-corrected chi connectivity index (χ1v) is 18.7. The minimum absolute atomic E-state index is 0.814. The molecule has 1 aromatic heterocycles. The van der Waals surface area contributed by atoms with Gasteiger partial charge in [-0.2, -0.15) is 0 Å². The molecule has 54 heavy (non-hydrogen) atoms. The van der Waals surface area contributed by atoms with E-state index >= 15 is 0 Å². The van der Waals surface area contributed by atoms with E-state index in [4.69, 9.17) is 4.98 Å². The second-order valence-corrected chi connectivity index (χ2v) is 14.3. The van der Waals surface area contributed by atoms with E-state index in [-0.39, 0.29) is 0 Å². The predicted octanol–water partition coefficient (Wildman–Crippen LogP) is 14.0. The second kappa shape index (κ2) is 12.3. The molecular weight excluding hydrogens is 653 g/mol. The average molecular weight is 687 g/mol. The lowest BCUT2D eigenvalue weighted by atomic mass is 9.84. The number of nitrogens with one attached hydrogen (secondary N) is 1. The van der Waals surface area contributed by atoms with Gasteiger partial charge in [-0.25, -0.2) is 4.98 Å². The Kier molecular flexibility index (Phi) is 6.96. The molecule has 0 atom stereocenters. The van der Waals surface area contributed by atoms with E-state index in [1.807, 2.05) is 0 Å². The minimum Gasteiger partial charge on any atom is -0.379 e. The van der Waals surface area contributed by atoms with Gasteiger partial charge >= 0.3 is 0 Å². The average Bonchev–Trinajstić information content (AvgIpc) is 3.24. The van der Waals surface area contributed by atoms with Crippen molar-refractivity contribution in [3.05, 3.63) is 188 Å². The summed E-state index contributed by atoms with van der Waals surface area (Å²) in [5.74, 6) is 0. The molecule has 0 unspecified atom stereocenters. The van der Waals surface area contributed by atoms with Crippen molar-refractivity contribution < 1.29 is 0 Å². The van der Waals surface area contributed by atoms with E-state index in [0.717, 1.165) is 40.0 Å². The molecule has 0 saturated carbocycles. The Balaban J connectivity index is 1.14. The van der Waals surface area contributed by atoms with Gasteiger partial charge in [0.2, 0.25) is 0 Å². The Morgan fingerprint density at radius 2 is 0.963 bits per heavy atom. The van der Waals surface area contributed by atoms with Gasteiger partial charge < -0.3 is 5.32 Å². The lowest BCUT2D eigenvalue weighted by Crippen LogP contribution is -2.05. The van der Waals surface area contributed by atoms with Crippen LogP contribution in [0.1, 0.15) is 5.56 Å². The molecule has 1 aliphatic heterocycles. The Morgan fingerprint density at radius 1 is 0.389 bits per heavy atom. The lowest BCUT2D eigenvalue weighted by Gasteiger charge is -2.19. The molecule has 0 radical (unpaired) electrons.